The van der Waals surface area contributed by atoms with Gasteiger partial charge in [-0.25, -0.2) is 0 Å². The van der Waals surface area contributed by atoms with Crippen LogP contribution in [0.5, 0.6) is 5.75 Å². The van der Waals surface area contributed by atoms with E-state index in [-0.39, 0.29) is 24.9 Å². The first-order valence-electron chi connectivity index (χ1n) is 4.51. The van der Waals surface area contributed by atoms with Crippen LogP contribution in [0.1, 0.15) is 16.8 Å². The molecule has 0 spiro atoms. The fraction of sp³-hybridized carbons (Fsp3) is 0.300. The minimum atomic E-state index is -0.378. The van der Waals surface area contributed by atoms with Gasteiger partial charge >= 0.3 is 5.97 Å². The number of pyridine rings is 1. The minimum Gasteiger partial charge on any atom is -0.505 e. The molecule has 0 unspecified atom stereocenters. The predicted molar refractivity (Wildman–Crippen MR) is 52.9 cm³/mol. The number of aryl methyl sites for hydroxylation is 1. The molecule has 0 radical (unpaired) electrons. The molecule has 1 aliphatic rings. The van der Waals surface area contributed by atoms with Crippen molar-refractivity contribution in [1.82, 2.24) is 4.98 Å². The van der Waals surface area contributed by atoms with Crippen LogP contribution in [0, 0.1) is 6.92 Å². The first kappa shape index (κ1) is 9.64. The molecule has 1 aromatic rings. The molecule has 0 aliphatic carbocycles. The third-order valence-electron chi connectivity index (χ3n) is 2.19. The first-order valence-corrected chi connectivity index (χ1v) is 4.51. The molecule has 2 rings (SSSR count). The van der Waals surface area contributed by atoms with Crippen LogP contribution >= 0.6 is 0 Å². The lowest BCUT2D eigenvalue weighted by atomic mass is 10.1. The van der Waals surface area contributed by atoms with E-state index in [1.54, 1.807) is 13.1 Å². The van der Waals surface area contributed by atoms with Crippen LogP contribution in [0.2, 0.25) is 0 Å². The third kappa shape index (κ3) is 1.81. The number of esters is 1. The molecule has 2 heterocycles. The Kier molecular flexibility index (Phi) is 2.37. The monoisotopic (exact) mass is 206 g/mol. The molecule has 0 saturated heterocycles. The van der Waals surface area contributed by atoms with Gasteiger partial charge in [0.05, 0.1) is 5.69 Å². The van der Waals surface area contributed by atoms with Crippen molar-refractivity contribution < 1.29 is 14.6 Å². The number of rotatable bonds is 0. The fourth-order valence-corrected chi connectivity index (χ4v) is 1.33. The Morgan fingerprint density at radius 3 is 3.13 bits per heavy atom. The molecule has 0 amide bonds. The molecule has 78 valence electrons. The summed E-state index contributed by atoms with van der Waals surface area (Å²) >= 11 is 0. The highest BCUT2D eigenvalue weighted by Gasteiger charge is 2.14. The largest absolute Gasteiger partial charge is 0.505 e. The number of aliphatic imine (C=N–C) groups is 1. The van der Waals surface area contributed by atoms with Crippen LogP contribution in [-0.4, -0.2) is 28.8 Å². The molecule has 0 fully saturated rings. The van der Waals surface area contributed by atoms with Gasteiger partial charge in [-0.15, -0.1) is 0 Å². The maximum Gasteiger partial charge on any atom is 0.328 e. The number of nitrogens with zero attached hydrogens (tertiary/aromatic N) is 2. The highest BCUT2D eigenvalue weighted by atomic mass is 16.5. The lowest BCUT2D eigenvalue weighted by Crippen LogP contribution is -2.12. The number of carbonyl (C=O) groups is 1. The summed E-state index contributed by atoms with van der Waals surface area (Å²) in [6, 6.07) is 0. The summed E-state index contributed by atoms with van der Waals surface area (Å²) in [7, 11) is 0. The molecule has 5 heteroatoms. The van der Waals surface area contributed by atoms with Gasteiger partial charge in [0.15, 0.2) is 0 Å². The number of carbonyl (C=O) groups excluding carboxylic acids is 1. The number of aromatic hydroxyl groups is 1. The Morgan fingerprint density at radius 2 is 2.33 bits per heavy atom. The van der Waals surface area contributed by atoms with E-state index in [4.69, 9.17) is 4.74 Å². The molecule has 15 heavy (non-hydrogen) atoms. The maximum absolute atomic E-state index is 11.0. The number of hydrogen-bond acceptors (Lipinski definition) is 5. The number of aromatic nitrogens is 1. The van der Waals surface area contributed by atoms with Crippen molar-refractivity contribution in [3.8, 4) is 5.75 Å². The van der Waals surface area contributed by atoms with Gasteiger partial charge in [0.2, 0.25) is 0 Å². The molecule has 0 atom stereocenters. The van der Waals surface area contributed by atoms with Crippen LogP contribution in [0.4, 0.5) is 0 Å². The number of cyclic esters (lactones) is 1. The highest BCUT2D eigenvalue weighted by Crippen LogP contribution is 2.23. The highest BCUT2D eigenvalue weighted by molar-refractivity contribution is 5.88. The van der Waals surface area contributed by atoms with Crippen molar-refractivity contribution in [3.63, 3.8) is 0 Å². The van der Waals surface area contributed by atoms with E-state index in [9.17, 15) is 9.90 Å². The topological polar surface area (TPSA) is 71.8 Å². The molecule has 0 aromatic carbocycles. The second-order valence-corrected chi connectivity index (χ2v) is 3.26. The van der Waals surface area contributed by atoms with E-state index < -0.39 is 0 Å². The normalized spacial score (nSPS) is 15.1. The molecular weight excluding hydrogens is 196 g/mol. The van der Waals surface area contributed by atoms with Crippen LogP contribution in [0.25, 0.3) is 0 Å². The minimum absolute atomic E-state index is 0.0136. The Hall–Kier alpha value is -1.91. The summed E-state index contributed by atoms with van der Waals surface area (Å²) in [4.78, 5) is 18.8. The zero-order valence-corrected chi connectivity index (χ0v) is 8.23. The van der Waals surface area contributed by atoms with Crippen molar-refractivity contribution in [1.29, 1.82) is 0 Å². The van der Waals surface area contributed by atoms with Gasteiger partial charge < -0.3 is 9.84 Å². The van der Waals surface area contributed by atoms with Crippen molar-refractivity contribution in [2.45, 2.75) is 13.5 Å². The van der Waals surface area contributed by atoms with Crippen LogP contribution in [0.3, 0.4) is 0 Å². The van der Waals surface area contributed by atoms with Crippen molar-refractivity contribution in [2.75, 3.05) is 6.54 Å². The average molecular weight is 206 g/mol. The fourth-order valence-electron chi connectivity index (χ4n) is 1.33. The van der Waals surface area contributed by atoms with Gasteiger partial charge in [-0.3, -0.25) is 14.8 Å². The van der Waals surface area contributed by atoms with Gasteiger partial charge in [-0.1, -0.05) is 0 Å². The SMILES string of the molecule is Cc1ncc2c(c1O)C=NCC(=O)OC2. The number of fused-ring (bicyclic) bond motifs is 1. The van der Waals surface area contributed by atoms with Gasteiger partial charge in [0.1, 0.15) is 18.9 Å². The van der Waals surface area contributed by atoms with E-state index in [0.29, 0.717) is 16.8 Å². The number of hydrogen-bond donors (Lipinski definition) is 1. The Morgan fingerprint density at radius 1 is 1.53 bits per heavy atom. The van der Waals surface area contributed by atoms with Crippen molar-refractivity contribution in [3.05, 3.63) is 23.0 Å². The molecule has 0 bridgehead atoms. The summed E-state index contributed by atoms with van der Waals surface area (Å²) < 4.78 is 4.90. The number of ether oxygens (including phenoxy) is 1. The van der Waals surface area contributed by atoms with Gasteiger partial charge in [0.25, 0.3) is 0 Å². The van der Waals surface area contributed by atoms with E-state index in [2.05, 4.69) is 9.98 Å². The maximum atomic E-state index is 11.0. The third-order valence-corrected chi connectivity index (χ3v) is 2.19. The summed E-state index contributed by atoms with van der Waals surface area (Å²) in [6.07, 6.45) is 3.06. The lowest BCUT2D eigenvalue weighted by molar-refractivity contribution is -0.143. The Labute approximate surface area is 86.4 Å². The molecule has 0 saturated carbocycles. The first-order chi connectivity index (χ1) is 7.18. The summed E-state index contributed by atoms with van der Waals surface area (Å²) in [5.41, 5.74) is 1.78. The van der Waals surface area contributed by atoms with Crippen LogP contribution in [0.15, 0.2) is 11.2 Å². The van der Waals surface area contributed by atoms with E-state index in [1.807, 2.05) is 0 Å². The Balaban J connectivity index is 2.49. The second kappa shape index (κ2) is 3.68. The zero-order chi connectivity index (χ0) is 10.8. The van der Waals surface area contributed by atoms with E-state index >= 15 is 0 Å². The van der Waals surface area contributed by atoms with Gasteiger partial charge in [-0.2, -0.15) is 0 Å². The average Bonchev–Trinajstić information content (AvgIpc) is 2.20. The molecule has 5 nitrogen and oxygen atoms in total. The summed E-state index contributed by atoms with van der Waals surface area (Å²) in [5, 5.41) is 9.73. The molecule has 1 aromatic heterocycles. The van der Waals surface area contributed by atoms with Gasteiger partial charge in [-0.05, 0) is 6.92 Å². The van der Waals surface area contributed by atoms with Crippen molar-refractivity contribution in [2.24, 2.45) is 4.99 Å². The van der Waals surface area contributed by atoms with Crippen LogP contribution < -0.4 is 0 Å². The molecule has 1 aliphatic heterocycles. The summed E-state index contributed by atoms with van der Waals surface area (Å²) in [6.45, 7) is 1.81. The quantitative estimate of drug-likeness (QED) is 0.630. The van der Waals surface area contributed by atoms with Crippen molar-refractivity contribution >= 4 is 12.2 Å². The van der Waals surface area contributed by atoms with Gasteiger partial charge in [0, 0.05) is 23.5 Å². The summed E-state index contributed by atoms with van der Waals surface area (Å²) in [5.74, 6) is -0.286. The molecule has 1 N–H and O–H groups in total. The van der Waals surface area contributed by atoms with E-state index in [0.717, 1.165) is 0 Å². The lowest BCUT2D eigenvalue weighted by Gasteiger charge is -2.11. The van der Waals surface area contributed by atoms with E-state index in [1.165, 1.54) is 6.21 Å². The zero-order valence-electron chi connectivity index (χ0n) is 8.23. The smallest absolute Gasteiger partial charge is 0.328 e. The standard InChI is InChI=1S/C10H10N2O3/c1-6-10(14)8-3-11-4-9(13)15-5-7(8)2-12-6/h2-3,14H,4-5H2,1H3. The predicted octanol–water partition coefficient (Wildman–Crippen LogP) is 0.571. The Bertz CT molecular complexity index is 441. The molecular formula is C10H10N2O3. The second-order valence-electron chi connectivity index (χ2n) is 3.26. The van der Waals surface area contributed by atoms with Crippen LogP contribution in [-0.2, 0) is 16.1 Å².